The van der Waals surface area contributed by atoms with Crippen LogP contribution in [0.2, 0.25) is 0 Å². The summed E-state index contributed by atoms with van der Waals surface area (Å²) in [6.45, 7) is 9.09. The minimum absolute atomic E-state index is 0.0830. The van der Waals surface area contributed by atoms with Crippen LogP contribution in [-0.4, -0.2) is 49.6 Å². The Kier molecular flexibility index (Phi) is 10.1. The molecule has 0 bridgehead atoms. The molecule has 0 unspecified atom stereocenters. The quantitative estimate of drug-likeness (QED) is 0.305. The van der Waals surface area contributed by atoms with E-state index in [1.165, 1.54) is 17.2 Å². The maximum atomic E-state index is 11.8. The summed E-state index contributed by atoms with van der Waals surface area (Å²) in [5.41, 5.74) is 4.56. The maximum Gasteiger partial charge on any atom is 0.330 e. The second-order valence-electron chi connectivity index (χ2n) is 10.2. The van der Waals surface area contributed by atoms with Gasteiger partial charge in [-0.05, 0) is 93.3 Å². The van der Waals surface area contributed by atoms with Gasteiger partial charge in [0, 0.05) is 18.2 Å². The number of aliphatic hydroxyl groups excluding tert-OH is 1. The number of hydrogen-bond donors (Lipinski definition) is 2. The topological polar surface area (TPSA) is 77.0 Å². The van der Waals surface area contributed by atoms with Crippen molar-refractivity contribution in [3.63, 3.8) is 0 Å². The standard InChI is InChI=1S/C30H41NO5/c1-6-35-29(33)14-11-25-17-27(34-5)12-13-28(25)21(2)36-20-26(32)19-31-30(3,4)18-22-15-23-9-7-8-10-24(23)16-22/h7-14,17,21-22,26,31-32H,6,15-16,18-20H2,1-5H3/b14-11+/t21-,26-/m1/s1. The molecule has 6 nitrogen and oxygen atoms in total. The summed E-state index contributed by atoms with van der Waals surface area (Å²) in [7, 11) is 1.60. The molecule has 36 heavy (non-hydrogen) atoms. The summed E-state index contributed by atoms with van der Waals surface area (Å²) in [4.78, 5) is 11.8. The van der Waals surface area contributed by atoms with Crippen molar-refractivity contribution in [2.45, 2.75) is 64.7 Å². The summed E-state index contributed by atoms with van der Waals surface area (Å²) >= 11 is 0. The van der Waals surface area contributed by atoms with E-state index in [4.69, 9.17) is 14.2 Å². The molecule has 196 valence electrons. The molecule has 0 heterocycles. The van der Waals surface area contributed by atoms with Crippen LogP contribution in [0.15, 0.2) is 48.5 Å². The Morgan fingerprint density at radius 1 is 1.19 bits per heavy atom. The van der Waals surface area contributed by atoms with Gasteiger partial charge < -0.3 is 24.6 Å². The number of β-amino-alcohol motifs (C(OH)–C–C–N with tert-alkyl or cyclic N) is 1. The van der Waals surface area contributed by atoms with Gasteiger partial charge in [0.15, 0.2) is 0 Å². The van der Waals surface area contributed by atoms with Crippen LogP contribution in [-0.2, 0) is 27.1 Å². The van der Waals surface area contributed by atoms with Gasteiger partial charge in [-0.25, -0.2) is 4.79 Å². The summed E-state index contributed by atoms with van der Waals surface area (Å²) in [6.07, 6.45) is 5.49. The van der Waals surface area contributed by atoms with E-state index in [0.717, 1.165) is 30.4 Å². The lowest BCUT2D eigenvalue weighted by Crippen LogP contribution is -2.45. The van der Waals surface area contributed by atoms with Crippen LogP contribution in [0.4, 0.5) is 0 Å². The molecule has 0 amide bonds. The zero-order chi connectivity index (χ0) is 26.1. The minimum atomic E-state index is -0.635. The van der Waals surface area contributed by atoms with Crippen LogP contribution in [0.25, 0.3) is 6.08 Å². The molecule has 2 aromatic rings. The molecule has 2 N–H and O–H groups in total. The monoisotopic (exact) mass is 495 g/mol. The van der Waals surface area contributed by atoms with Crippen molar-refractivity contribution in [1.29, 1.82) is 0 Å². The average molecular weight is 496 g/mol. The molecule has 0 fully saturated rings. The molecule has 2 atom stereocenters. The predicted molar refractivity (Wildman–Crippen MR) is 143 cm³/mol. The number of rotatable bonds is 13. The summed E-state index contributed by atoms with van der Waals surface area (Å²) in [6, 6.07) is 14.3. The number of nitrogens with one attached hydrogen (secondary N) is 1. The number of carbonyl (C=O) groups excluding carboxylic acids is 1. The van der Waals surface area contributed by atoms with E-state index in [9.17, 15) is 9.90 Å². The number of methoxy groups -OCH3 is 1. The predicted octanol–water partition coefficient (Wildman–Crippen LogP) is 4.88. The summed E-state index contributed by atoms with van der Waals surface area (Å²) in [5.74, 6) is 0.909. The smallest absolute Gasteiger partial charge is 0.330 e. The minimum Gasteiger partial charge on any atom is -0.497 e. The zero-order valence-corrected chi connectivity index (χ0v) is 22.3. The Bertz CT molecular complexity index is 1010. The van der Waals surface area contributed by atoms with Gasteiger partial charge in [0.05, 0.1) is 32.5 Å². The number of ether oxygens (including phenoxy) is 3. The third kappa shape index (κ3) is 8.19. The number of benzene rings is 2. The van der Waals surface area contributed by atoms with Gasteiger partial charge in [0.25, 0.3) is 0 Å². The van der Waals surface area contributed by atoms with E-state index >= 15 is 0 Å². The third-order valence-corrected chi connectivity index (χ3v) is 6.71. The normalized spacial score (nSPS) is 15.6. The van der Waals surface area contributed by atoms with Crippen molar-refractivity contribution in [2.75, 3.05) is 26.9 Å². The fourth-order valence-corrected chi connectivity index (χ4v) is 4.93. The van der Waals surface area contributed by atoms with E-state index in [0.29, 0.717) is 24.8 Å². The Labute approximate surface area is 215 Å². The third-order valence-electron chi connectivity index (χ3n) is 6.71. The van der Waals surface area contributed by atoms with Crippen molar-refractivity contribution in [3.8, 4) is 5.75 Å². The van der Waals surface area contributed by atoms with Gasteiger partial charge >= 0.3 is 5.97 Å². The van der Waals surface area contributed by atoms with Gasteiger partial charge in [0.2, 0.25) is 0 Å². The van der Waals surface area contributed by atoms with Gasteiger partial charge in [-0.15, -0.1) is 0 Å². The molecule has 1 aliphatic carbocycles. The van der Waals surface area contributed by atoms with Gasteiger partial charge in [-0.2, -0.15) is 0 Å². The lowest BCUT2D eigenvalue weighted by Gasteiger charge is -2.31. The molecular weight excluding hydrogens is 454 g/mol. The summed E-state index contributed by atoms with van der Waals surface area (Å²) in [5, 5.41) is 14.2. The zero-order valence-electron chi connectivity index (χ0n) is 22.3. The van der Waals surface area contributed by atoms with Gasteiger partial charge in [-0.3, -0.25) is 0 Å². The molecule has 0 spiro atoms. The molecule has 0 saturated carbocycles. The van der Waals surface area contributed by atoms with Crippen LogP contribution in [0.1, 0.15) is 62.5 Å². The Balaban J connectivity index is 1.50. The van der Waals surface area contributed by atoms with E-state index in [1.807, 2.05) is 25.1 Å². The van der Waals surface area contributed by atoms with Crippen molar-refractivity contribution >= 4 is 12.0 Å². The lowest BCUT2D eigenvalue weighted by molar-refractivity contribution is -0.137. The molecule has 1 aliphatic rings. The molecule has 0 radical (unpaired) electrons. The Hall–Kier alpha value is -2.67. The first-order chi connectivity index (χ1) is 17.2. The van der Waals surface area contributed by atoms with Crippen LogP contribution in [0.3, 0.4) is 0 Å². The highest BCUT2D eigenvalue weighted by Crippen LogP contribution is 2.32. The highest BCUT2D eigenvalue weighted by atomic mass is 16.5. The SMILES string of the molecule is CCOC(=O)/C=C/c1cc(OC)ccc1[C@@H](C)OC[C@H](O)CNC(C)(C)CC1Cc2ccccc2C1. The Morgan fingerprint density at radius 3 is 2.53 bits per heavy atom. The van der Waals surface area contributed by atoms with Crippen LogP contribution < -0.4 is 10.1 Å². The van der Waals surface area contributed by atoms with E-state index in [1.54, 1.807) is 20.1 Å². The molecule has 0 saturated heterocycles. The Morgan fingerprint density at radius 2 is 1.89 bits per heavy atom. The fourth-order valence-electron chi connectivity index (χ4n) is 4.93. The highest BCUT2D eigenvalue weighted by Gasteiger charge is 2.28. The first-order valence-corrected chi connectivity index (χ1v) is 12.8. The molecule has 0 aromatic heterocycles. The van der Waals surface area contributed by atoms with Crippen LogP contribution >= 0.6 is 0 Å². The van der Waals surface area contributed by atoms with Crippen molar-refractivity contribution < 1.29 is 24.1 Å². The largest absolute Gasteiger partial charge is 0.497 e. The molecule has 3 rings (SSSR count). The van der Waals surface area contributed by atoms with E-state index in [-0.39, 0.29) is 18.2 Å². The van der Waals surface area contributed by atoms with Gasteiger partial charge in [0.1, 0.15) is 5.75 Å². The summed E-state index contributed by atoms with van der Waals surface area (Å²) < 4.78 is 16.3. The number of hydrogen-bond acceptors (Lipinski definition) is 6. The number of fused-ring (bicyclic) bond motifs is 1. The molecule has 0 aliphatic heterocycles. The van der Waals surface area contributed by atoms with Crippen molar-refractivity contribution in [3.05, 3.63) is 70.8 Å². The number of carbonyl (C=O) groups is 1. The second kappa shape index (κ2) is 13.0. The highest BCUT2D eigenvalue weighted by molar-refractivity contribution is 5.87. The van der Waals surface area contributed by atoms with E-state index < -0.39 is 12.1 Å². The van der Waals surface area contributed by atoms with Crippen LogP contribution in [0, 0.1) is 5.92 Å². The first kappa shape index (κ1) is 27.9. The maximum absolute atomic E-state index is 11.8. The van der Waals surface area contributed by atoms with Gasteiger partial charge in [-0.1, -0.05) is 30.3 Å². The second-order valence-corrected chi connectivity index (χ2v) is 10.2. The van der Waals surface area contributed by atoms with Crippen LogP contribution in [0.5, 0.6) is 5.75 Å². The molecule has 2 aromatic carbocycles. The van der Waals surface area contributed by atoms with E-state index in [2.05, 4.69) is 43.4 Å². The van der Waals surface area contributed by atoms with Crippen molar-refractivity contribution in [2.24, 2.45) is 5.92 Å². The first-order valence-electron chi connectivity index (χ1n) is 12.8. The number of esters is 1. The average Bonchev–Trinajstić information content (AvgIpc) is 3.26. The fraction of sp³-hybridized carbons (Fsp3) is 0.500. The molecular formula is C30H41NO5. The van der Waals surface area contributed by atoms with Crippen molar-refractivity contribution in [1.82, 2.24) is 5.32 Å². The lowest BCUT2D eigenvalue weighted by atomic mass is 9.88. The molecule has 6 heteroatoms. The number of aliphatic hydroxyl groups is 1.